The number of rotatable bonds is 2. The minimum atomic E-state index is 1.02. The molecule has 1 heteroatoms. The molecule has 1 aliphatic carbocycles. The zero-order chi connectivity index (χ0) is 7.40. The van der Waals surface area contributed by atoms with E-state index in [-0.39, 0.29) is 0 Å². The van der Waals surface area contributed by atoms with Crippen LogP contribution < -0.4 is 0 Å². The van der Waals surface area contributed by atoms with Crippen molar-refractivity contribution >= 4 is 17.7 Å². The monoisotopic (exact) mass is 132 g/mol. The Hall–Kier alpha value is 0.597. The van der Waals surface area contributed by atoms with Gasteiger partial charge in [-0.15, -0.1) is 0 Å². The van der Waals surface area contributed by atoms with Crippen LogP contribution in [-0.4, -0.2) is 17.7 Å². The molecule has 0 aromatic heterocycles. The molecule has 0 spiro atoms. The Morgan fingerprint density at radius 1 is 1.30 bits per heavy atom. The van der Waals surface area contributed by atoms with Crippen LogP contribution in [0.5, 0.6) is 0 Å². The normalized spacial score (nSPS) is 34.3. The molecule has 0 saturated heterocycles. The van der Waals surface area contributed by atoms with Crippen molar-refractivity contribution in [2.24, 2.45) is 5.92 Å². The summed E-state index contributed by atoms with van der Waals surface area (Å²) in [5, 5.41) is 0. The van der Waals surface area contributed by atoms with Gasteiger partial charge < -0.3 is 0 Å². The topological polar surface area (TPSA) is 0 Å². The van der Waals surface area contributed by atoms with E-state index in [0.29, 0.717) is 0 Å². The van der Waals surface area contributed by atoms with Crippen molar-refractivity contribution in [2.45, 2.75) is 50.0 Å². The summed E-state index contributed by atoms with van der Waals surface area (Å²) in [6.45, 7) is 2.31. The van der Waals surface area contributed by atoms with Crippen molar-refractivity contribution in [3.05, 3.63) is 0 Å². The van der Waals surface area contributed by atoms with E-state index in [2.05, 4.69) is 24.6 Å². The summed E-state index contributed by atoms with van der Waals surface area (Å²) in [5.74, 6) is 1.07. The fourth-order valence-corrected chi connectivity index (χ4v) is 2.19. The first-order valence-corrected chi connectivity index (χ1v) is 4.84. The zero-order valence-electron chi connectivity index (χ0n) is 7.40. The molecule has 0 aromatic carbocycles. The van der Waals surface area contributed by atoms with Crippen LogP contribution in [0.4, 0.5) is 0 Å². The molecule has 1 saturated carbocycles. The van der Waals surface area contributed by atoms with Gasteiger partial charge in [0.2, 0.25) is 0 Å². The second-order valence-electron chi connectivity index (χ2n) is 3.81. The van der Waals surface area contributed by atoms with Gasteiger partial charge in [-0.1, -0.05) is 0 Å². The van der Waals surface area contributed by atoms with Gasteiger partial charge in [-0.3, -0.25) is 0 Å². The van der Waals surface area contributed by atoms with Gasteiger partial charge >= 0.3 is 73.7 Å². The molecule has 0 heterocycles. The zero-order valence-corrected chi connectivity index (χ0v) is 7.40. The fourth-order valence-electron chi connectivity index (χ4n) is 2.19. The number of hydrogen-bond acceptors (Lipinski definition) is 0. The van der Waals surface area contributed by atoms with Crippen molar-refractivity contribution in [1.82, 2.24) is 0 Å². The summed E-state index contributed by atoms with van der Waals surface area (Å²) in [6.07, 6.45) is 8.84. The Morgan fingerprint density at radius 2 is 2.00 bits per heavy atom. The van der Waals surface area contributed by atoms with Crippen LogP contribution in [0.1, 0.15) is 45.4 Å². The van der Waals surface area contributed by atoms with Crippen LogP contribution in [0, 0.1) is 5.92 Å². The van der Waals surface area contributed by atoms with Crippen LogP contribution in [0.25, 0.3) is 0 Å². The van der Waals surface area contributed by atoms with Gasteiger partial charge in [-0.2, -0.15) is 0 Å². The Kier molecular flexibility index (Phi) is 3.89. The molecule has 1 aliphatic rings. The van der Waals surface area contributed by atoms with E-state index in [1.165, 1.54) is 38.5 Å². The van der Waals surface area contributed by atoms with Gasteiger partial charge in [0.05, 0.1) is 0 Å². The molecule has 0 radical (unpaired) electrons. The molecule has 0 nitrogen and oxygen atoms in total. The Morgan fingerprint density at radius 3 is 2.60 bits per heavy atom. The summed E-state index contributed by atoms with van der Waals surface area (Å²) < 4.78 is 1.02. The molecule has 1 rings (SSSR count). The first-order chi connectivity index (χ1) is 4.84. The molecular formula is C9H17Li. The number of hydrogen-bond donors (Lipinski definition) is 0. The molecule has 1 fully saturated rings. The SMILES string of the molecule is [Li][CH]1CCCCC1CCC. The Labute approximate surface area is 74.0 Å². The van der Waals surface area contributed by atoms with Crippen molar-refractivity contribution in [1.29, 1.82) is 0 Å². The van der Waals surface area contributed by atoms with Crippen LogP contribution >= 0.6 is 0 Å². The standard InChI is InChI=1S/C9H17.Li/c1-2-6-9-7-4-3-5-8-9;/h7,9H,2-6,8H2,1H3;. The van der Waals surface area contributed by atoms with Crippen molar-refractivity contribution in [3.8, 4) is 0 Å². The first kappa shape index (κ1) is 8.69. The van der Waals surface area contributed by atoms with E-state index in [4.69, 9.17) is 0 Å². The minimum absolute atomic E-state index is 1.02. The maximum atomic E-state index is 2.43. The first-order valence-electron chi connectivity index (χ1n) is 4.84. The van der Waals surface area contributed by atoms with E-state index in [1.54, 1.807) is 0 Å². The predicted octanol–water partition coefficient (Wildman–Crippen LogP) is 2.93. The van der Waals surface area contributed by atoms with E-state index < -0.39 is 0 Å². The quantitative estimate of drug-likeness (QED) is 0.507. The molecule has 10 heavy (non-hydrogen) atoms. The van der Waals surface area contributed by atoms with Gasteiger partial charge in [0, 0.05) is 0 Å². The van der Waals surface area contributed by atoms with E-state index >= 15 is 0 Å². The van der Waals surface area contributed by atoms with Crippen molar-refractivity contribution in [3.63, 3.8) is 0 Å². The fraction of sp³-hybridized carbons (Fsp3) is 1.00. The van der Waals surface area contributed by atoms with E-state index in [0.717, 1.165) is 10.5 Å². The summed E-state index contributed by atoms with van der Waals surface area (Å²) in [7, 11) is 0. The van der Waals surface area contributed by atoms with Gasteiger partial charge in [-0.25, -0.2) is 0 Å². The molecule has 0 N–H and O–H groups in total. The van der Waals surface area contributed by atoms with Crippen molar-refractivity contribution in [2.75, 3.05) is 0 Å². The molecule has 2 unspecified atom stereocenters. The van der Waals surface area contributed by atoms with Gasteiger partial charge in [-0.05, 0) is 0 Å². The Balaban J connectivity index is 2.25. The third kappa shape index (κ3) is 2.33. The average Bonchev–Trinajstić information content (AvgIpc) is 1.94. The summed E-state index contributed by atoms with van der Waals surface area (Å²) in [4.78, 5) is 0. The van der Waals surface area contributed by atoms with Crippen LogP contribution in [0.15, 0.2) is 0 Å². The molecule has 0 aromatic rings. The van der Waals surface area contributed by atoms with Crippen LogP contribution in [-0.2, 0) is 0 Å². The molecule has 0 bridgehead atoms. The third-order valence-corrected chi connectivity index (χ3v) is 2.95. The molecule has 0 aliphatic heterocycles. The second-order valence-corrected chi connectivity index (χ2v) is 3.81. The summed E-state index contributed by atoms with van der Waals surface area (Å²) in [5.41, 5.74) is 0. The Bertz CT molecular complexity index is 88.7. The summed E-state index contributed by atoms with van der Waals surface area (Å²) >= 11 is 2.43. The van der Waals surface area contributed by atoms with E-state index in [9.17, 15) is 0 Å². The molecule has 0 amide bonds. The molecule has 54 valence electrons. The van der Waals surface area contributed by atoms with Crippen molar-refractivity contribution < 1.29 is 0 Å². The van der Waals surface area contributed by atoms with E-state index in [1.807, 2.05) is 0 Å². The second kappa shape index (κ2) is 4.47. The van der Waals surface area contributed by atoms with Gasteiger partial charge in [0.25, 0.3) is 0 Å². The third-order valence-electron chi connectivity index (χ3n) is 2.95. The molecular weight excluding hydrogens is 115 g/mol. The van der Waals surface area contributed by atoms with Crippen LogP contribution in [0.2, 0.25) is 4.59 Å². The van der Waals surface area contributed by atoms with Crippen LogP contribution in [0.3, 0.4) is 0 Å². The maximum absolute atomic E-state index is 2.43. The molecule has 2 atom stereocenters. The predicted molar refractivity (Wildman–Crippen MR) is 46.4 cm³/mol. The summed E-state index contributed by atoms with van der Waals surface area (Å²) in [6, 6.07) is 0. The average molecular weight is 132 g/mol. The van der Waals surface area contributed by atoms with Gasteiger partial charge in [0.15, 0.2) is 0 Å². The van der Waals surface area contributed by atoms with Gasteiger partial charge in [0.1, 0.15) is 0 Å².